The van der Waals surface area contributed by atoms with Gasteiger partial charge in [0.1, 0.15) is 5.58 Å². The van der Waals surface area contributed by atoms with E-state index in [4.69, 9.17) is 8.84 Å². The van der Waals surface area contributed by atoms with Crippen molar-refractivity contribution in [2.24, 2.45) is 0 Å². The van der Waals surface area contributed by atoms with Gasteiger partial charge in [-0.05, 0) is 6.07 Å². The van der Waals surface area contributed by atoms with Gasteiger partial charge < -0.3 is 8.84 Å². The normalized spacial score (nSPS) is 11.8. The summed E-state index contributed by atoms with van der Waals surface area (Å²) in [4.78, 5) is 0. The van der Waals surface area contributed by atoms with Crippen LogP contribution in [-0.2, 0) is 4.43 Å². The number of para-hydroxylation sites is 1. The molecule has 0 spiro atoms. The summed E-state index contributed by atoms with van der Waals surface area (Å²) in [5.74, 6) is 0. The van der Waals surface area contributed by atoms with Crippen LogP contribution in [0.5, 0.6) is 0 Å². The van der Waals surface area contributed by atoms with Crippen LogP contribution >= 0.6 is 0 Å². The first-order chi connectivity index (χ1) is 5.92. The number of fused-ring (bicyclic) bond motifs is 1. The fourth-order valence-electron chi connectivity index (χ4n) is 1.30. The van der Waals surface area contributed by atoms with Crippen molar-refractivity contribution in [3.05, 3.63) is 30.5 Å². The van der Waals surface area contributed by atoms with E-state index in [0.29, 0.717) is 0 Å². The Morgan fingerprint density at radius 1 is 1.33 bits per heavy atom. The van der Waals surface area contributed by atoms with Crippen LogP contribution in [0.2, 0.25) is 0 Å². The molecule has 0 unspecified atom stereocenters. The molecule has 1 aromatic carbocycles. The first kappa shape index (κ1) is 7.58. The van der Waals surface area contributed by atoms with Crippen LogP contribution in [0.1, 0.15) is 0 Å². The molecule has 0 atom stereocenters. The zero-order valence-corrected chi connectivity index (χ0v) is 8.32. The SMILES string of the molecule is CO[SiH2]c1coc2ccccc12. The summed E-state index contributed by atoms with van der Waals surface area (Å²) >= 11 is 0. The molecule has 0 aliphatic heterocycles. The Morgan fingerprint density at radius 2 is 2.17 bits per heavy atom. The van der Waals surface area contributed by atoms with Crippen LogP contribution in [0.4, 0.5) is 0 Å². The fourth-order valence-corrected chi connectivity index (χ4v) is 2.21. The number of hydrogen-bond acceptors (Lipinski definition) is 2. The minimum Gasteiger partial charge on any atom is -0.464 e. The maximum absolute atomic E-state index is 5.36. The topological polar surface area (TPSA) is 22.4 Å². The molecule has 1 aromatic heterocycles. The van der Waals surface area contributed by atoms with Crippen LogP contribution < -0.4 is 5.19 Å². The average molecular weight is 178 g/mol. The van der Waals surface area contributed by atoms with E-state index in [1.54, 1.807) is 13.4 Å². The molecule has 2 aromatic rings. The monoisotopic (exact) mass is 178 g/mol. The van der Waals surface area contributed by atoms with Crippen molar-refractivity contribution >= 4 is 25.9 Å². The number of rotatable bonds is 2. The van der Waals surface area contributed by atoms with Gasteiger partial charge in [-0.1, -0.05) is 18.2 Å². The average Bonchev–Trinajstić information content (AvgIpc) is 2.50. The van der Waals surface area contributed by atoms with E-state index in [2.05, 4.69) is 6.07 Å². The van der Waals surface area contributed by atoms with Gasteiger partial charge in [0.15, 0.2) is 9.76 Å². The largest absolute Gasteiger partial charge is 0.464 e. The molecule has 0 aliphatic carbocycles. The summed E-state index contributed by atoms with van der Waals surface area (Å²) in [7, 11) is 1.17. The van der Waals surface area contributed by atoms with Gasteiger partial charge in [0.2, 0.25) is 0 Å². The molecular formula is C9H10O2Si. The second-order valence-electron chi connectivity index (χ2n) is 2.69. The zero-order valence-electron chi connectivity index (χ0n) is 6.91. The van der Waals surface area contributed by atoms with Gasteiger partial charge in [0.25, 0.3) is 0 Å². The molecular weight excluding hydrogens is 168 g/mol. The van der Waals surface area contributed by atoms with E-state index in [1.165, 1.54) is 10.6 Å². The van der Waals surface area contributed by atoms with E-state index in [9.17, 15) is 0 Å². The lowest BCUT2D eigenvalue weighted by molar-refractivity contribution is 0.450. The van der Waals surface area contributed by atoms with Gasteiger partial charge in [-0.3, -0.25) is 0 Å². The van der Waals surface area contributed by atoms with E-state index in [1.807, 2.05) is 18.2 Å². The highest BCUT2D eigenvalue weighted by Gasteiger charge is 2.03. The smallest absolute Gasteiger partial charge is 0.195 e. The van der Waals surface area contributed by atoms with Gasteiger partial charge >= 0.3 is 0 Å². The summed E-state index contributed by atoms with van der Waals surface area (Å²) in [6.07, 6.45) is 1.81. The molecule has 0 saturated carbocycles. The van der Waals surface area contributed by atoms with Crippen molar-refractivity contribution in [1.82, 2.24) is 0 Å². The predicted molar refractivity (Wildman–Crippen MR) is 51.4 cm³/mol. The molecule has 0 saturated heterocycles. The second kappa shape index (κ2) is 3.12. The Bertz CT molecular complexity index is 381. The van der Waals surface area contributed by atoms with Crippen LogP contribution in [-0.4, -0.2) is 16.9 Å². The number of furan rings is 1. The Labute approximate surface area is 73.1 Å². The molecule has 12 heavy (non-hydrogen) atoms. The lowest BCUT2D eigenvalue weighted by atomic mass is 10.3. The van der Waals surface area contributed by atoms with Crippen molar-refractivity contribution in [3.63, 3.8) is 0 Å². The van der Waals surface area contributed by atoms with Crippen molar-refractivity contribution < 1.29 is 8.84 Å². The van der Waals surface area contributed by atoms with Gasteiger partial charge in [-0.25, -0.2) is 0 Å². The zero-order chi connectivity index (χ0) is 8.39. The summed E-state index contributed by atoms with van der Waals surface area (Å²) in [6.45, 7) is 0. The molecule has 0 N–H and O–H groups in total. The third-order valence-corrected chi connectivity index (χ3v) is 3.01. The third-order valence-electron chi connectivity index (χ3n) is 1.86. The maximum Gasteiger partial charge on any atom is 0.195 e. The van der Waals surface area contributed by atoms with Gasteiger partial charge in [-0.15, -0.1) is 0 Å². The van der Waals surface area contributed by atoms with E-state index >= 15 is 0 Å². The lowest BCUT2D eigenvalue weighted by Crippen LogP contribution is -2.13. The van der Waals surface area contributed by atoms with Crippen LogP contribution in [0, 0.1) is 0 Å². The predicted octanol–water partition coefficient (Wildman–Crippen LogP) is 0.788. The molecule has 2 nitrogen and oxygen atoms in total. The van der Waals surface area contributed by atoms with Gasteiger partial charge in [0, 0.05) is 17.7 Å². The highest BCUT2D eigenvalue weighted by Crippen LogP contribution is 2.11. The van der Waals surface area contributed by atoms with Crippen LogP contribution in [0.15, 0.2) is 34.9 Å². The molecule has 2 rings (SSSR count). The third kappa shape index (κ3) is 1.17. The molecule has 0 amide bonds. The van der Waals surface area contributed by atoms with E-state index < -0.39 is 9.76 Å². The standard InChI is InChI=1S/C9H10O2Si/c1-10-12-9-6-11-8-5-3-2-4-7(8)9/h2-6H,12H2,1H3. The highest BCUT2D eigenvalue weighted by atomic mass is 28.2. The van der Waals surface area contributed by atoms with Gasteiger partial charge in [0.05, 0.1) is 6.26 Å². The summed E-state index contributed by atoms with van der Waals surface area (Å²) in [6, 6.07) is 8.04. The second-order valence-corrected chi connectivity index (χ2v) is 4.32. The lowest BCUT2D eigenvalue weighted by Gasteiger charge is -1.92. The molecule has 1 heterocycles. The van der Waals surface area contributed by atoms with E-state index in [-0.39, 0.29) is 0 Å². The summed E-state index contributed by atoms with van der Waals surface area (Å²) in [5, 5.41) is 2.44. The molecule has 3 heteroatoms. The maximum atomic E-state index is 5.36. The van der Waals surface area contributed by atoms with Crippen LogP contribution in [0.3, 0.4) is 0 Å². The Balaban J connectivity index is 2.55. The molecule has 0 aliphatic rings. The molecule has 0 radical (unpaired) electrons. The molecule has 0 bridgehead atoms. The Morgan fingerprint density at radius 3 is 3.00 bits per heavy atom. The quantitative estimate of drug-likeness (QED) is 0.634. The van der Waals surface area contributed by atoms with Crippen molar-refractivity contribution in [1.29, 1.82) is 0 Å². The first-order valence-electron chi connectivity index (χ1n) is 3.86. The number of hydrogen-bond donors (Lipinski definition) is 0. The summed E-state index contributed by atoms with van der Waals surface area (Å²) < 4.78 is 10.5. The summed E-state index contributed by atoms with van der Waals surface area (Å²) in [5.41, 5.74) is 0.956. The first-order valence-corrected chi connectivity index (χ1v) is 5.14. The fraction of sp³-hybridized carbons (Fsp3) is 0.111. The Hall–Kier alpha value is -1.06. The Kier molecular flexibility index (Phi) is 1.97. The minimum absolute atomic E-state index is 0.574. The van der Waals surface area contributed by atoms with Crippen molar-refractivity contribution in [2.75, 3.05) is 7.11 Å². The highest BCUT2D eigenvalue weighted by molar-refractivity contribution is 6.51. The molecule has 62 valence electrons. The van der Waals surface area contributed by atoms with Crippen molar-refractivity contribution in [2.45, 2.75) is 0 Å². The van der Waals surface area contributed by atoms with Crippen molar-refractivity contribution in [3.8, 4) is 0 Å². The van der Waals surface area contributed by atoms with Crippen LogP contribution in [0.25, 0.3) is 11.0 Å². The minimum atomic E-state index is -0.574. The molecule has 0 fully saturated rings. The number of benzene rings is 1. The van der Waals surface area contributed by atoms with Gasteiger partial charge in [-0.2, -0.15) is 0 Å². The van der Waals surface area contributed by atoms with E-state index in [0.717, 1.165) is 5.58 Å².